The third-order valence-corrected chi connectivity index (χ3v) is 3.34. The van der Waals surface area contributed by atoms with Crippen LogP contribution in [0.15, 0.2) is 24.3 Å². The number of ether oxygens (including phenoxy) is 2. The van der Waals surface area contributed by atoms with Gasteiger partial charge in [-0.1, -0.05) is 26.0 Å². The van der Waals surface area contributed by atoms with Gasteiger partial charge in [0.15, 0.2) is 6.61 Å². The molecular formula is C17H23F3O3. The highest BCUT2D eigenvalue weighted by Crippen LogP contribution is 2.28. The van der Waals surface area contributed by atoms with E-state index in [1.54, 1.807) is 19.1 Å². The predicted octanol–water partition coefficient (Wildman–Crippen LogP) is 4.54. The van der Waals surface area contributed by atoms with Crippen LogP contribution >= 0.6 is 0 Å². The van der Waals surface area contributed by atoms with Crippen molar-refractivity contribution >= 4 is 5.97 Å². The Balaban J connectivity index is 2.47. The fourth-order valence-electron chi connectivity index (χ4n) is 2.09. The molecule has 3 nitrogen and oxygen atoms in total. The largest absolute Gasteiger partial charge is 0.484 e. The Hall–Kier alpha value is -1.72. The van der Waals surface area contributed by atoms with Crippen LogP contribution in [0, 0.1) is 5.41 Å². The molecular weight excluding hydrogens is 309 g/mol. The molecule has 6 heteroatoms. The smallest absolute Gasteiger partial charge is 0.422 e. The van der Waals surface area contributed by atoms with E-state index in [-0.39, 0.29) is 17.1 Å². The van der Waals surface area contributed by atoms with Crippen molar-refractivity contribution in [1.29, 1.82) is 0 Å². The Kier molecular flexibility index (Phi) is 6.91. The molecule has 0 aliphatic rings. The van der Waals surface area contributed by atoms with Crippen LogP contribution in [0.4, 0.5) is 13.2 Å². The van der Waals surface area contributed by atoms with Crippen LogP contribution in [-0.2, 0) is 16.0 Å². The molecule has 0 saturated heterocycles. The summed E-state index contributed by atoms with van der Waals surface area (Å²) in [6, 6.07) is 6.54. The Bertz CT molecular complexity index is 493. The first-order valence-electron chi connectivity index (χ1n) is 7.55. The number of rotatable bonds is 8. The van der Waals surface area contributed by atoms with Gasteiger partial charge in [0.2, 0.25) is 0 Å². The average Bonchev–Trinajstić information content (AvgIpc) is 2.43. The first-order chi connectivity index (χ1) is 10.6. The summed E-state index contributed by atoms with van der Waals surface area (Å²) in [6.45, 7) is 4.83. The first kappa shape index (κ1) is 19.3. The summed E-state index contributed by atoms with van der Waals surface area (Å²) in [7, 11) is 0. The molecule has 1 aromatic carbocycles. The third-order valence-electron chi connectivity index (χ3n) is 3.34. The molecule has 0 spiro atoms. The van der Waals surface area contributed by atoms with Gasteiger partial charge >= 0.3 is 12.1 Å². The van der Waals surface area contributed by atoms with E-state index in [1.165, 1.54) is 12.1 Å². The van der Waals surface area contributed by atoms with Gasteiger partial charge in [-0.05, 0) is 42.9 Å². The van der Waals surface area contributed by atoms with Crippen molar-refractivity contribution in [2.45, 2.75) is 46.2 Å². The van der Waals surface area contributed by atoms with Crippen molar-refractivity contribution in [2.75, 3.05) is 13.2 Å². The summed E-state index contributed by atoms with van der Waals surface area (Å²) in [5.41, 5.74) is 0.791. The highest BCUT2D eigenvalue weighted by molar-refractivity contribution is 5.70. The lowest BCUT2D eigenvalue weighted by atomic mass is 9.83. The predicted molar refractivity (Wildman–Crippen MR) is 81.3 cm³/mol. The zero-order valence-electron chi connectivity index (χ0n) is 13.7. The zero-order valence-corrected chi connectivity index (χ0v) is 13.7. The molecule has 0 aliphatic carbocycles. The monoisotopic (exact) mass is 332 g/mol. The van der Waals surface area contributed by atoms with Gasteiger partial charge in [0.25, 0.3) is 0 Å². The number of hydrogen-bond donors (Lipinski definition) is 0. The lowest BCUT2D eigenvalue weighted by Crippen LogP contribution is -2.20. The highest BCUT2D eigenvalue weighted by Gasteiger charge is 2.28. The minimum atomic E-state index is -4.34. The number of aryl methyl sites for hydroxylation is 1. The van der Waals surface area contributed by atoms with Gasteiger partial charge in [0.1, 0.15) is 5.75 Å². The van der Waals surface area contributed by atoms with Crippen molar-refractivity contribution in [3.8, 4) is 5.75 Å². The molecule has 0 bridgehead atoms. The maximum atomic E-state index is 12.1. The fourth-order valence-corrected chi connectivity index (χ4v) is 2.09. The number of halogens is 3. The quantitative estimate of drug-likeness (QED) is 0.656. The maximum absolute atomic E-state index is 12.1. The van der Waals surface area contributed by atoms with Crippen LogP contribution in [0.25, 0.3) is 0 Å². The Morgan fingerprint density at radius 2 is 1.74 bits per heavy atom. The number of carbonyl (C=O) groups is 1. The second kappa shape index (κ2) is 8.22. The van der Waals surface area contributed by atoms with E-state index in [9.17, 15) is 18.0 Å². The van der Waals surface area contributed by atoms with Crippen LogP contribution in [0.1, 0.15) is 39.2 Å². The molecule has 0 saturated carbocycles. The van der Waals surface area contributed by atoms with E-state index in [2.05, 4.69) is 4.74 Å². The summed E-state index contributed by atoms with van der Waals surface area (Å²) in [6.07, 6.45) is -2.50. The van der Waals surface area contributed by atoms with Gasteiger partial charge in [-0.2, -0.15) is 13.2 Å². The van der Waals surface area contributed by atoms with E-state index in [0.717, 1.165) is 18.4 Å². The Morgan fingerprint density at radius 1 is 1.13 bits per heavy atom. The van der Waals surface area contributed by atoms with E-state index in [4.69, 9.17) is 4.74 Å². The van der Waals surface area contributed by atoms with Gasteiger partial charge in [-0.25, -0.2) is 0 Å². The summed E-state index contributed by atoms with van der Waals surface area (Å²) < 4.78 is 45.8. The molecule has 1 aromatic rings. The highest BCUT2D eigenvalue weighted by atomic mass is 19.4. The Labute approximate surface area is 134 Å². The lowest BCUT2D eigenvalue weighted by molar-refractivity contribution is -0.153. The van der Waals surface area contributed by atoms with Gasteiger partial charge < -0.3 is 9.47 Å². The summed E-state index contributed by atoms with van der Waals surface area (Å²) in [5.74, 6) is -0.0229. The van der Waals surface area contributed by atoms with Crippen molar-refractivity contribution in [3.05, 3.63) is 29.8 Å². The molecule has 0 atom stereocenters. The topological polar surface area (TPSA) is 35.5 Å². The number of carbonyl (C=O) groups excluding carboxylic acids is 1. The normalized spacial score (nSPS) is 12.1. The Morgan fingerprint density at radius 3 is 2.26 bits per heavy atom. The summed E-state index contributed by atoms with van der Waals surface area (Å²) in [4.78, 5) is 11.5. The van der Waals surface area contributed by atoms with Crippen molar-refractivity contribution in [3.63, 3.8) is 0 Å². The molecule has 0 amide bonds. The standard InChI is InChI=1S/C17H23F3O3/c1-4-22-15(21)11-16(2,3)10-9-13-5-7-14(8-6-13)23-12-17(18,19)20/h5-8H,4,9-12H2,1-3H3. The summed E-state index contributed by atoms with van der Waals surface area (Å²) in [5, 5.41) is 0. The van der Waals surface area contributed by atoms with Crippen molar-refractivity contribution in [2.24, 2.45) is 5.41 Å². The second-order valence-corrected chi connectivity index (χ2v) is 6.19. The SMILES string of the molecule is CCOC(=O)CC(C)(C)CCc1ccc(OCC(F)(F)F)cc1. The average molecular weight is 332 g/mol. The molecule has 0 radical (unpaired) electrons. The third kappa shape index (κ3) is 8.47. The van der Waals surface area contributed by atoms with Crippen LogP contribution in [-0.4, -0.2) is 25.4 Å². The van der Waals surface area contributed by atoms with Crippen LogP contribution in [0.2, 0.25) is 0 Å². The van der Waals surface area contributed by atoms with E-state index in [1.807, 2.05) is 13.8 Å². The molecule has 0 aromatic heterocycles. The maximum Gasteiger partial charge on any atom is 0.422 e. The first-order valence-corrected chi connectivity index (χ1v) is 7.55. The molecule has 0 unspecified atom stereocenters. The second-order valence-electron chi connectivity index (χ2n) is 6.19. The zero-order chi connectivity index (χ0) is 17.5. The number of benzene rings is 1. The number of alkyl halides is 3. The van der Waals surface area contributed by atoms with Crippen LogP contribution in [0.5, 0.6) is 5.75 Å². The minimum Gasteiger partial charge on any atom is -0.484 e. The van der Waals surface area contributed by atoms with Crippen LogP contribution < -0.4 is 4.74 Å². The van der Waals surface area contributed by atoms with Gasteiger partial charge in [0, 0.05) is 0 Å². The van der Waals surface area contributed by atoms with Gasteiger partial charge in [0.05, 0.1) is 13.0 Å². The molecule has 23 heavy (non-hydrogen) atoms. The molecule has 0 heterocycles. The molecule has 0 N–H and O–H groups in total. The van der Waals surface area contributed by atoms with Crippen molar-refractivity contribution < 1.29 is 27.4 Å². The lowest BCUT2D eigenvalue weighted by Gasteiger charge is -2.23. The molecule has 130 valence electrons. The van der Waals surface area contributed by atoms with E-state index >= 15 is 0 Å². The molecule has 1 rings (SSSR count). The molecule has 0 fully saturated rings. The van der Waals surface area contributed by atoms with Gasteiger partial charge in [-0.3, -0.25) is 4.79 Å². The summed E-state index contributed by atoms with van der Waals surface area (Å²) >= 11 is 0. The van der Waals surface area contributed by atoms with E-state index < -0.39 is 12.8 Å². The van der Waals surface area contributed by atoms with Gasteiger partial charge in [-0.15, -0.1) is 0 Å². The molecule has 0 aliphatic heterocycles. The van der Waals surface area contributed by atoms with Crippen LogP contribution in [0.3, 0.4) is 0 Å². The number of hydrogen-bond acceptors (Lipinski definition) is 3. The van der Waals surface area contributed by atoms with E-state index in [0.29, 0.717) is 13.0 Å². The minimum absolute atomic E-state index is 0.192. The fraction of sp³-hybridized carbons (Fsp3) is 0.588. The number of esters is 1. The van der Waals surface area contributed by atoms with Crippen molar-refractivity contribution in [1.82, 2.24) is 0 Å².